The summed E-state index contributed by atoms with van der Waals surface area (Å²) in [6.07, 6.45) is 0. The number of aromatic nitrogens is 1. The van der Waals surface area contributed by atoms with Crippen molar-refractivity contribution in [2.45, 2.75) is 19.8 Å². The first-order valence-corrected chi connectivity index (χ1v) is 9.51. The minimum Gasteiger partial charge on any atom is -0.497 e. The third-order valence-corrected chi connectivity index (χ3v) is 4.56. The van der Waals surface area contributed by atoms with Crippen LogP contribution in [0, 0.1) is 0 Å². The summed E-state index contributed by atoms with van der Waals surface area (Å²) in [7, 11) is 3.03. The zero-order valence-corrected chi connectivity index (χ0v) is 17.4. The van der Waals surface area contributed by atoms with Crippen molar-refractivity contribution in [3.63, 3.8) is 0 Å². The van der Waals surface area contributed by atoms with Crippen molar-refractivity contribution < 1.29 is 23.8 Å². The maximum Gasteiger partial charge on any atom is 0.339 e. The van der Waals surface area contributed by atoms with Crippen LogP contribution in [-0.2, 0) is 9.53 Å². The SMILES string of the molecule is COc1ccc(OC)c(NC(=O)COC(=O)c2cc(C(C)C)nc3ccccc23)c1. The number of para-hydroxylation sites is 1. The van der Waals surface area contributed by atoms with Gasteiger partial charge in [-0.3, -0.25) is 9.78 Å². The van der Waals surface area contributed by atoms with Crippen LogP contribution in [-0.4, -0.2) is 37.7 Å². The second-order valence-corrected chi connectivity index (χ2v) is 6.96. The summed E-state index contributed by atoms with van der Waals surface area (Å²) in [5.74, 6) is 0.107. The van der Waals surface area contributed by atoms with Crippen molar-refractivity contribution in [3.8, 4) is 11.5 Å². The lowest BCUT2D eigenvalue weighted by Gasteiger charge is -2.13. The van der Waals surface area contributed by atoms with Gasteiger partial charge in [0.1, 0.15) is 11.5 Å². The molecule has 0 aliphatic carbocycles. The molecule has 3 aromatic rings. The molecule has 1 amide bonds. The maximum atomic E-state index is 12.7. The topological polar surface area (TPSA) is 86.8 Å². The van der Waals surface area contributed by atoms with Gasteiger partial charge in [0, 0.05) is 17.1 Å². The highest BCUT2D eigenvalue weighted by Crippen LogP contribution is 2.29. The van der Waals surface area contributed by atoms with Gasteiger partial charge >= 0.3 is 5.97 Å². The molecule has 0 saturated heterocycles. The van der Waals surface area contributed by atoms with Crippen molar-refractivity contribution in [1.82, 2.24) is 4.98 Å². The molecule has 156 valence electrons. The number of hydrogen-bond acceptors (Lipinski definition) is 6. The van der Waals surface area contributed by atoms with Crippen molar-refractivity contribution >= 4 is 28.5 Å². The van der Waals surface area contributed by atoms with Gasteiger partial charge in [0.2, 0.25) is 0 Å². The summed E-state index contributed by atoms with van der Waals surface area (Å²) >= 11 is 0. The van der Waals surface area contributed by atoms with Crippen LogP contribution in [0.1, 0.15) is 35.8 Å². The van der Waals surface area contributed by atoms with Crippen LogP contribution in [0.5, 0.6) is 11.5 Å². The van der Waals surface area contributed by atoms with E-state index < -0.39 is 18.5 Å². The number of fused-ring (bicyclic) bond motifs is 1. The lowest BCUT2D eigenvalue weighted by molar-refractivity contribution is -0.119. The molecule has 0 radical (unpaired) electrons. The highest BCUT2D eigenvalue weighted by Gasteiger charge is 2.17. The van der Waals surface area contributed by atoms with E-state index >= 15 is 0 Å². The number of nitrogens with one attached hydrogen (secondary N) is 1. The molecule has 0 fully saturated rings. The molecule has 0 unspecified atom stereocenters. The average molecular weight is 408 g/mol. The Kier molecular flexibility index (Phi) is 6.51. The molecule has 0 saturated carbocycles. The van der Waals surface area contributed by atoms with Crippen LogP contribution in [0.2, 0.25) is 0 Å². The quantitative estimate of drug-likeness (QED) is 0.591. The third-order valence-electron chi connectivity index (χ3n) is 4.56. The number of rotatable bonds is 7. The summed E-state index contributed by atoms with van der Waals surface area (Å²) in [6.45, 7) is 3.56. The van der Waals surface area contributed by atoms with Crippen molar-refractivity contribution in [3.05, 3.63) is 59.8 Å². The van der Waals surface area contributed by atoms with Gasteiger partial charge in [0.05, 0.1) is 31.0 Å². The van der Waals surface area contributed by atoms with Gasteiger partial charge in [-0.1, -0.05) is 32.0 Å². The van der Waals surface area contributed by atoms with E-state index in [0.717, 1.165) is 5.69 Å². The predicted octanol–water partition coefficient (Wildman–Crippen LogP) is 4.17. The van der Waals surface area contributed by atoms with Gasteiger partial charge in [-0.25, -0.2) is 4.79 Å². The summed E-state index contributed by atoms with van der Waals surface area (Å²) < 4.78 is 15.7. The Morgan fingerprint density at radius 3 is 2.50 bits per heavy atom. The van der Waals surface area contributed by atoms with E-state index in [4.69, 9.17) is 14.2 Å². The number of amides is 1. The minimum absolute atomic E-state index is 0.144. The predicted molar refractivity (Wildman–Crippen MR) is 114 cm³/mol. The van der Waals surface area contributed by atoms with Gasteiger partial charge in [0.15, 0.2) is 6.61 Å². The Morgan fingerprint density at radius 1 is 1.03 bits per heavy atom. The molecule has 2 aromatic carbocycles. The van der Waals surface area contributed by atoms with E-state index in [-0.39, 0.29) is 5.92 Å². The van der Waals surface area contributed by atoms with Gasteiger partial charge in [-0.05, 0) is 30.2 Å². The number of ether oxygens (including phenoxy) is 3. The van der Waals surface area contributed by atoms with E-state index in [1.807, 2.05) is 38.1 Å². The molecule has 0 aliphatic heterocycles. The smallest absolute Gasteiger partial charge is 0.339 e. The molecule has 7 heteroatoms. The van der Waals surface area contributed by atoms with E-state index in [0.29, 0.717) is 33.7 Å². The van der Waals surface area contributed by atoms with Crippen molar-refractivity contribution in [2.24, 2.45) is 0 Å². The molecule has 1 aromatic heterocycles. The highest BCUT2D eigenvalue weighted by molar-refractivity contribution is 6.04. The number of carbonyl (C=O) groups excluding carboxylic acids is 2. The average Bonchev–Trinajstić information content (AvgIpc) is 2.76. The van der Waals surface area contributed by atoms with Crippen LogP contribution >= 0.6 is 0 Å². The molecule has 3 rings (SSSR count). The molecule has 1 heterocycles. The van der Waals surface area contributed by atoms with Gasteiger partial charge in [0.25, 0.3) is 5.91 Å². The maximum absolute atomic E-state index is 12.7. The fourth-order valence-corrected chi connectivity index (χ4v) is 2.97. The van der Waals surface area contributed by atoms with Crippen molar-refractivity contribution in [1.29, 1.82) is 0 Å². The second-order valence-electron chi connectivity index (χ2n) is 6.96. The van der Waals surface area contributed by atoms with Crippen LogP contribution in [0.15, 0.2) is 48.5 Å². The van der Waals surface area contributed by atoms with Gasteiger partial charge in [-0.2, -0.15) is 0 Å². The molecule has 0 atom stereocenters. The normalized spacial score (nSPS) is 10.7. The summed E-state index contributed by atoms with van der Waals surface area (Å²) in [5, 5.41) is 3.36. The van der Waals surface area contributed by atoms with Gasteiger partial charge < -0.3 is 19.5 Å². The van der Waals surface area contributed by atoms with E-state index in [2.05, 4.69) is 10.3 Å². The molecule has 30 heavy (non-hydrogen) atoms. The Balaban J connectivity index is 1.75. The molecule has 0 bridgehead atoms. The molecule has 0 spiro atoms. The lowest BCUT2D eigenvalue weighted by Crippen LogP contribution is -2.21. The van der Waals surface area contributed by atoms with Crippen LogP contribution in [0.4, 0.5) is 5.69 Å². The number of nitrogens with zero attached hydrogens (tertiary/aromatic N) is 1. The number of anilines is 1. The van der Waals surface area contributed by atoms with E-state index in [1.165, 1.54) is 14.2 Å². The summed E-state index contributed by atoms with van der Waals surface area (Å²) in [6, 6.07) is 14.1. The number of carbonyl (C=O) groups is 2. The Bertz CT molecular complexity index is 1080. The first kappa shape index (κ1) is 21.1. The second kappa shape index (κ2) is 9.26. The number of methoxy groups -OCH3 is 2. The Morgan fingerprint density at radius 2 is 1.80 bits per heavy atom. The largest absolute Gasteiger partial charge is 0.497 e. The molecular formula is C23H24N2O5. The third kappa shape index (κ3) is 4.68. The fourth-order valence-electron chi connectivity index (χ4n) is 2.97. The number of esters is 1. The number of pyridine rings is 1. The zero-order chi connectivity index (χ0) is 21.7. The lowest BCUT2D eigenvalue weighted by atomic mass is 10.0. The van der Waals surface area contributed by atoms with Crippen molar-refractivity contribution in [2.75, 3.05) is 26.1 Å². The first-order valence-electron chi connectivity index (χ1n) is 9.51. The van der Waals surface area contributed by atoms with E-state index in [9.17, 15) is 9.59 Å². The molecule has 1 N–H and O–H groups in total. The molecule has 0 aliphatic rings. The Hall–Kier alpha value is -3.61. The first-order chi connectivity index (χ1) is 14.4. The number of benzene rings is 2. The van der Waals surface area contributed by atoms with Crippen LogP contribution in [0.25, 0.3) is 10.9 Å². The highest BCUT2D eigenvalue weighted by atomic mass is 16.5. The molecule has 7 nitrogen and oxygen atoms in total. The standard InChI is InChI=1S/C23H24N2O5/c1-14(2)19-12-17(16-7-5-6-8-18(16)24-19)23(27)30-13-22(26)25-20-11-15(28-3)9-10-21(20)29-4/h5-12,14H,13H2,1-4H3,(H,25,26). The van der Waals surface area contributed by atoms with Gasteiger partial charge in [-0.15, -0.1) is 0 Å². The molecular weight excluding hydrogens is 384 g/mol. The van der Waals surface area contributed by atoms with Crippen LogP contribution < -0.4 is 14.8 Å². The zero-order valence-electron chi connectivity index (χ0n) is 17.4. The minimum atomic E-state index is -0.580. The van der Waals surface area contributed by atoms with E-state index in [1.54, 1.807) is 24.3 Å². The number of hydrogen-bond donors (Lipinski definition) is 1. The van der Waals surface area contributed by atoms with Crippen LogP contribution in [0.3, 0.4) is 0 Å². The monoisotopic (exact) mass is 408 g/mol. The Labute approximate surface area is 175 Å². The summed E-state index contributed by atoms with van der Waals surface area (Å²) in [5.41, 5.74) is 2.30. The fraction of sp³-hybridized carbons (Fsp3) is 0.261. The summed E-state index contributed by atoms with van der Waals surface area (Å²) in [4.78, 5) is 29.7.